The molecule has 260 valence electrons. The number of non-ortho nitro benzene ring substituents is 1. The first-order valence-corrected chi connectivity index (χ1v) is 17.3. The lowest BCUT2D eigenvalue weighted by molar-refractivity contribution is -0.384. The summed E-state index contributed by atoms with van der Waals surface area (Å²) < 4.78 is 10.5. The van der Waals surface area contributed by atoms with Crippen LogP contribution in [0.4, 0.5) is 5.69 Å². The Bertz CT molecular complexity index is 1770. The molecule has 13 heteroatoms. The number of rotatable bonds is 13. The predicted octanol–water partition coefficient (Wildman–Crippen LogP) is 6.02. The summed E-state index contributed by atoms with van der Waals surface area (Å²) in [6.07, 6.45) is 2.76. The number of carbonyl (C=O) groups is 2. The summed E-state index contributed by atoms with van der Waals surface area (Å²) in [7, 11) is 2.89. The topological polar surface area (TPSA) is 142 Å². The maximum absolute atomic E-state index is 13.3. The second kappa shape index (κ2) is 16.5. The van der Waals surface area contributed by atoms with Gasteiger partial charge in [-0.05, 0) is 86.8 Å². The number of nitriles is 1. The lowest BCUT2D eigenvalue weighted by atomic mass is 9.74. The molecule has 0 N–H and O–H groups in total. The Hall–Kier alpha value is -5.19. The molecule has 1 saturated heterocycles. The van der Waals surface area contributed by atoms with Crippen molar-refractivity contribution in [2.45, 2.75) is 43.4 Å². The number of ether oxygens (including phenoxy) is 2. The molecule has 2 aliphatic heterocycles. The van der Waals surface area contributed by atoms with Crippen LogP contribution in [-0.2, 0) is 25.5 Å². The Morgan fingerprint density at radius 1 is 1.10 bits per heavy atom. The third-order valence-corrected chi connectivity index (χ3v) is 10.2. The van der Waals surface area contributed by atoms with Crippen molar-refractivity contribution in [1.29, 1.82) is 5.26 Å². The highest BCUT2D eigenvalue weighted by Crippen LogP contribution is 2.40. The first-order valence-electron chi connectivity index (χ1n) is 16.3. The van der Waals surface area contributed by atoms with Gasteiger partial charge in [0.15, 0.2) is 5.17 Å². The number of likely N-dealkylation sites (tertiary alicyclic amines) is 1. The third-order valence-electron chi connectivity index (χ3n) is 9.23. The number of amidine groups is 1. The van der Waals surface area contributed by atoms with Gasteiger partial charge < -0.3 is 14.4 Å². The van der Waals surface area contributed by atoms with Gasteiger partial charge in [-0.2, -0.15) is 5.26 Å². The van der Waals surface area contributed by atoms with Crippen LogP contribution in [0.2, 0.25) is 0 Å². The van der Waals surface area contributed by atoms with Crippen LogP contribution in [-0.4, -0.2) is 77.8 Å². The number of esters is 1. The molecule has 0 saturated carbocycles. The number of thioether (sulfide) groups is 1. The number of carbonyl (C=O) groups excluding carboxylic acids is 2. The van der Waals surface area contributed by atoms with Crippen molar-refractivity contribution < 1.29 is 24.0 Å². The van der Waals surface area contributed by atoms with E-state index in [1.807, 2.05) is 54.6 Å². The van der Waals surface area contributed by atoms with Gasteiger partial charge in [0.25, 0.3) is 5.69 Å². The minimum atomic E-state index is -0.846. The molecule has 0 aliphatic carbocycles. The summed E-state index contributed by atoms with van der Waals surface area (Å²) in [5, 5.41) is 25.3. The lowest BCUT2D eigenvalue weighted by Gasteiger charge is -2.43. The number of piperidine rings is 1. The molecule has 0 bridgehead atoms. The Balaban J connectivity index is 1.40. The number of hydrogen-bond acceptors (Lipinski definition) is 11. The van der Waals surface area contributed by atoms with Gasteiger partial charge in [-0.1, -0.05) is 54.2 Å². The van der Waals surface area contributed by atoms with E-state index in [1.54, 1.807) is 31.2 Å². The van der Waals surface area contributed by atoms with Gasteiger partial charge >= 0.3 is 5.97 Å². The summed E-state index contributed by atoms with van der Waals surface area (Å²) >= 11 is 1.41. The molecule has 50 heavy (non-hydrogen) atoms. The third kappa shape index (κ3) is 7.98. The molecule has 3 aromatic carbocycles. The minimum absolute atomic E-state index is 0.0966. The number of methoxy groups -OCH3 is 2. The van der Waals surface area contributed by atoms with Crippen LogP contribution in [0.3, 0.4) is 0 Å². The fourth-order valence-corrected chi connectivity index (χ4v) is 7.45. The molecule has 0 spiro atoms. The van der Waals surface area contributed by atoms with Crippen molar-refractivity contribution in [2.24, 2.45) is 4.99 Å². The number of aliphatic imine (C=N–C) groups is 1. The van der Waals surface area contributed by atoms with Crippen LogP contribution in [0.15, 0.2) is 95.1 Å². The highest BCUT2D eigenvalue weighted by atomic mass is 32.2. The SMILES string of the molecule is COC(=O)C1=C(C)N=C(SCc2ccc(OC)cc2)N(N(C=O)CCCN2CCC(C#N)(c3ccccc3)CC2)C1c1ccc([N+](=O)[O-])cc1. The van der Waals surface area contributed by atoms with Crippen molar-refractivity contribution in [3.8, 4) is 11.8 Å². The van der Waals surface area contributed by atoms with E-state index in [0.717, 1.165) is 36.4 Å². The summed E-state index contributed by atoms with van der Waals surface area (Å²) in [6.45, 7) is 4.21. The van der Waals surface area contributed by atoms with E-state index >= 15 is 0 Å². The molecule has 1 fully saturated rings. The maximum Gasteiger partial charge on any atom is 0.338 e. The van der Waals surface area contributed by atoms with Gasteiger partial charge in [-0.3, -0.25) is 19.9 Å². The van der Waals surface area contributed by atoms with Crippen molar-refractivity contribution in [2.75, 3.05) is 40.4 Å². The summed E-state index contributed by atoms with van der Waals surface area (Å²) in [5.41, 5.74) is 2.64. The van der Waals surface area contributed by atoms with E-state index in [0.29, 0.717) is 54.5 Å². The molecule has 1 amide bonds. The molecule has 2 aliphatic rings. The molecular formula is C37H40N6O6S. The van der Waals surface area contributed by atoms with E-state index in [2.05, 4.69) is 11.0 Å². The molecule has 1 atom stereocenters. The lowest BCUT2D eigenvalue weighted by Crippen LogP contribution is -2.51. The fraction of sp³-hybridized carbons (Fsp3) is 0.351. The molecule has 0 radical (unpaired) electrons. The monoisotopic (exact) mass is 696 g/mol. The standard InChI is InChI=1S/C37H40N6O6S/c1-27-33(35(45)49-3)34(29-12-14-31(15-13-29)43(46)47)42(36(39-27)50-24-28-10-16-32(48-2)17-11-28)41(26-44)21-7-20-40-22-18-37(25-38,19-23-40)30-8-5-4-6-9-30/h4-6,8-17,26,34H,7,18-24H2,1-3H3. The van der Waals surface area contributed by atoms with Gasteiger partial charge in [0.05, 0.1) is 41.9 Å². The summed E-state index contributed by atoms with van der Waals surface area (Å²) in [5.74, 6) is 0.627. The van der Waals surface area contributed by atoms with Gasteiger partial charge in [0.1, 0.15) is 11.8 Å². The first kappa shape index (κ1) is 36.1. The Kier molecular flexibility index (Phi) is 11.9. The van der Waals surface area contributed by atoms with E-state index < -0.39 is 22.3 Å². The number of hydrogen-bond donors (Lipinski definition) is 0. The summed E-state index contributed by atoms with van der Waals surface area (Å²) in [4.78, 5) is 44.4. The zero-order valence-electron chi connectivity index (χ0n) is 28.4. The second-order valence-electron chi connectivity index (χ2n) is 12.1. The van der Waals surface area contributed by atoms with Crippen LogP contribution < -0.4 is 4.74 Å². The van der Waals surface area contributed by atoms with E-state index in [9.17, 15) is 25.0 Å². The van der Waals surface area contributed by atoms with Crippen molar-refractivity contribution >= 4 is 35.0 Å². The highest BCUT2D eigenvalue weighted by molar-refractivity contribution is 8.13. The van der Waals surface area contributed by atoms with Crippen LogP contribution in [0.5, 0.6) is 5.75 Å². The fourth-order valence-electron chi connectivity index (χ4n) is 6.42. The normalized spacial score (nSPS) is 17.4. The number of benzene rings is 3. The average Bonchev–Trinajstić information content (AvgIpc) is 3.16. The zero-order chi connectivity index (χ0) is 35.7. The van der Waals surface area contributed by atoms with Gasteiger partial charge in [-0.25, -0.2) is 14.8 Å². The van der Waals surface area contributed by atoms with E-state index in [4.69, 9.17) is 14.5 Å². The van der Waals surface area contributed by atoms with Gasteiger partial charge in [0, 0.05) is 24.4 Å². The number of hydrazine groups is 1. The van der Waals surface area contributed by atoms with Crippen molar-refractivity contribution in [3.63, 3.8) is 0 Å². The molecule has 2 heterocycles. The number of nitro groups is 1. The maximum atomic E-state index is 13.3. The zero-order valence-corrected chi connectivity index (χ0v) is 29.2. The van der Waals surface area contributed by atoms with E-state index in [1.165, 1.54) is 36.0 Å². The van der Waals surface area contributed by atoms with Crippen LogP contribution in [0, 0.1) is 21.4 Å². The molecule has 5 rings (SSSR count). The first-order chi connectivity index (χ1) is 24.2. The second-order valence-corrected chi connectivity index (χ2v) is 13.1. The number of allylic oxidation sites excluding steroid dienone is 1. The smallest absolute Gasteiger partial charge is 0.338 e. The van der Waals surface area contributed by atoms with Crippen molar-refractivity contribution in [3.05, 3.63) is 117 Å². The predicted molar refractivity (Wildman–Crippen MR) is 191 cm³/mol. The summed E-state index contributed by atoms with van der Waals surface area (Å²) in [6, 6.07) is 25.2. The van der Waals surface area contributed by atoms with Gasteiger partial charge in [0.2, 0.25) is 6.41 Å². The molecule has 1 unspecified atom stereocenters. The van der Waals surface area contributed by atoms with Gasteiger partial charge in [-0.15, -0.1) is 0 Å². The molecular weight excluding hydrogens is 657 g/mol. The molecule has 3 aromatic rings. The largest absolute Gasteiger partial charge is 0.497 e. The molecule has 12 nitrogen and oxygen atoms in total. The van der Waals surface area contributed by atoms with Crippen LogP contribution in [0.25, 0.3) is 0 Å². The highest BCUT2D eigenvalue weighted by Gasteiger charge is 2.40. The Morgan fingerprint density at radius 3 is 2.36 bits per heavy atom. The molecule has 0 aromatic heterocycles. The average molecular weight is 697 g/mol. The Morgan fingerprint density at radius 2 is 1.78 bits per heavy atom. The van der Waals surface area contributed by atoms with E-state index in [-0.39, 0.29) is 11.3 Å². The number of nitro benzene ring substituents is 1. The number of amides is 1. The van der Waals surface area contributed by atoms with Crippen LogP contribution in [0.1, 0.15) is 48.9 Å². The van der Waals surface area contributed by atoms with Crippen LogP contribution >= 0.6 is 11.8 Å². The minimum Gasteiger partial charge on any atom is -0.497 e. The number of nitrogens with zero attached hydrogens (tertiary/aromatic N) is 6. The quantitative estimate of drug-likeness (QED) is 0.0902. The van der Waals surface area contributed by atoms with Crippen molar-refractivity contribution in [1.82, 2.24) is 14.9 Å². The Labute approximate surface area is 296 Å².